The standard InChI is InChI=1S/C13H20N4/c14-13(15)17-10-8-16(9-11-17)7-6-12-4-2-1-3-5-12/h1-5H,6-11H2,(H3,14,15). The Balaban J connectivity index is 1.74. The number of nitrogens with two attached hydrogens (primary N) is 1. The summed E-state index contributed by atoms with van der Waals surface area (Å²) in [5.74, 6) is 0.202. The summed E-state index contributed by atoms with van der Waals surface area (Å²) < 4.78 is 0. The molecule has 17 heavy (non-hydrogen) atoms. The molecule has 1 aliphatic heterocycles. The van der Waals surface area contributed by atoms with Crippen LogP contribution < -0.4 is 5.73 Å². The van der Waals surface area contributed by atoms with Gasteiger partial charge in [0, 0.05) is 32.7 Å². The van der Waals surface area contributed by atoms with E-state index in [9.17, 15) is 0 Å². The minimum Gasteiger partial charge on any atom is -0.370 e. The van der Waals surface area contributed by atoms with E-state index in [0.717, 1.165) is 39.1 Å². The summed E-state index contributed by atoms with van der Waals surface area (Å²) >= 11 is 0. The van der Waals surface area contributed by atoms with Crippen LogP contribution in [0.1, 0.15) is 5.56 Å². The van der Waals surface area contributed by atoms with Crippen LogP contribution in [0.4, 0.5) is 0 Å². The van der Waals surface area contributed by atoms with Crippen LogP contribution in [0.5, 0.6) is 0 Å². The number of nitrogens with zero attached hydrogens (tertiary/aromatic N) is 2. The van der Waals surface area contributed by atoms with E-state index in [2.05, 4.69) is 35.2 Å². The first-order valence-corrected chi connectivity index (χ1v) is 6.11. The highest BCUT2D eigenvalue weighted by atomic mass is 15.3. The normalized spacial score (nSPS) is 17.1. The van der Waals surface area contributed by atoms with Crippen LogP contribution in [0.3, 0.4) is 0 Å². The first-order chi connectivity index (χ1) is 8.25. The highest BCUT2D eigenvalue weighted by Crippen LogP contribution is 2.04. The fourth-order valence-corrected chi connectivity index (χ4v) is 2.14. The summed E-state index contributed by atoms with van der Waals surface area (Å²) in [7, 11) is 0. The van der Waals surface area contributed by atoms with Gasteiger partial charge >= 0.3 is 0 Å². The predicted octanol–water partition coefficient (Wildman–Crippen LogP) is 0.740. The highest BCUT2D eigenvalue weighted by Gasteiger charge is 2.16. The average Bonchev–Trinajstić information content (AvgIpc) is 2.38. The van der Waals surface area contributed by atoms with Crippen LogP contribution in [0.15, 0.2) is 30.3 Å². The molecule has 4 heteroatoms. The van der Waals surface area contributed by atoms with Crippen molar-refractivity contribution in [1.29, 1.82) is 5.41 Å². The van der Waals surface area contributed by atoms with E-state index in [0.29, 0.717) is 0 Å². The van der Waals surface area contributed by atoms with Gasteiger partial charge in [0.05, 0.1) is 0 Å². The van der Waals surface area contributed by atoms with E-state index in [1.807, 2.05) is 4.90 Å². The Kier molecular flexibility index (Phi) is 3.98. The third-order valence-corrected chi connectivity index (χ3v) is 3.27. The second-order valence-corrected chi connectivity index (χ2v) is 4.45. The minimum atomic E-state index is 0.202. The largest absolute Gasteiger partial charge is 0.370 e. The van der Waals surface area contributed by atoms with Crippen LogP contribution >= 0.6 is 0 Å². The third-order valence-electron chi connectivity index (χ3n) is 3.27. The second kappa shape index (κ2) is 5.68. The molecular formula is C13H20N4. The Morgan fingerprint density at radius 1 is 1.12 bits per heavy atom. The van der Waals surface area contributed by atoms with Crippen LogP contribution in [0.25, 0.3) is 0 Å². The number of guanidine groups is 1. The Morgan fingerprint density at radius 2 is 1.76 bits per heavy atom. The molecule has 92 valence electrons. The van der Waals surface area contributed by atoms with E-state index >= 15 is 0 Å². The van der Waals surface area contributed by atoms with Gasteiger partial charge in [-0.05, 0) is 12.0 Å². The number of nitrogens with one attached hydrogen (secondary N) is 1. The molecule has 0 unspecified atom stereocenters. The molecule has 0 saturated carbocycles. The lowest BCUT2D eigenvalue weighted by atomic mass is 10.1. The molecular weight excluding hydrogens is 212 g/mol. The zero-order valence-electron chi connectivity index (χ0n) is 10.1. The Morgan fingerprint density at radius 3 is 2.35 bits per heavy atom. The van der Waals surface area contributed by atoms with Crippen molar-refractivity contribution < 1.29 is 0 Å². The van der Waals surface area contributed by atoms with Gasteiger partial charge in [0.25, 0.3) is 0 Å². The molecule has 0 aromatic heterocycles. The van der Waals surface area contributed by atoms with Crippen molar-refractivity contribution in [2.75, 3.05) is 32.7 Å². The van der Waals surface area contributed by atoms with E-state index in [1.165, 1.54) is 5.56 Å². The Labute approximate surface area is 103 Å². The van der Waals surface area contributed by atoms with Crippen LogP contribution in [-0.4, -0.2) is 48.5 Å². The molecule has 3 N–H and O–H groups in total. The molecule has 1 aromatic rings. The van der Waals surface area contributed by atoms with Crippen LogP contribution in [0.2, 0.25) is 0 Å². The maximum atomic E-state index is 7.38. The summed E-state index contributed by atoms with van der Waals surface area (Å²) in [5.41, 5.74) is 6.86. The SMILES string of the molecule is N=C(N)N1CCN(CCc2ccccc2)CC1. The van der Waals surface area contributed by atoms with Gasteiger partial charge in [0.1, 0.15) is 0 Å². The Hall–Kier alpha value is -1.55. The van der Waals surface area contributed by atoms with Gasteiger partial charge in [-0.3, -0.25) is 10.3 Å². The fourth-order valence-electron chi connectivity index (χ4n) is 2.14. The molecule has 0 atom stereocenters. The van der Waals surface area contributed by atoms with Gasteiger partial charge < -0.3 is 10.6 Å². The van der Waals surface area contributed by atoms with E-state index < -0.39 is 0 Å². The monoisotopic (exact) mass is 232 g/mol. The third kappa shape index (κ3) is 3.46. The van der Waals surface area contributed by atoms with Gasteiger partial charge in [0.2, 0.25) is 0 Å². The van der Waals surface area contributed by atoms with Crippen LogP contribution in [-0.2, 0) is 6.42 Å². The van der Waals surface area contributed by atoms with Crippen molar-refractivity contribution in [2.24, 2.45) is 5.73 Å². The average molecular weight is 232 g/mol. The number of hydrogen-bond donors (Lipinski definition) is 2. The molecule has 1 aliphatic rings. The highest BCUT2D eigenvalue weighted by molar-refractivity contribution is 5.74. The number of piperazine rings is 1. The number of rotatable bonds is 3. The zero-order chi connectivity index (χ0) is 12.1. The maximum Gasteiger partial charge on any atom is 0.188 e. The lowest BCUT2D eigenvalue weighted by molar-refractivity contribution is 0.182. The van der Waals surface area contributed by atoms with Gasteiger partial charge in [0.15, 0.2) is 5.96 Å². The lowest BCUT2D eigenvalue weighted by Gasteiger charge is -2.34. The number of benzene rings is 1. The minimum absolute atomic E-state index is 0.202. The molecule has 0 aliphatic carbocycles. The van der Waals surface area contributed by atoms with Crippen molar-refractivity contribution in [1.82, 2.24) is 9.80 Å². The topological polar surface area (TPSA) is 56.4 Å². The van der Waals surface area contributed by atoms with Gasteiger partial charge in [-0.1, -0.05) is 30.3 Å². The molecule has 0 amide bonds. The summed E-state index contributed by atoms with van der Waals surface area (Å²) in [6, 6.07) is 10.6. The smallest absolute Gasteiger partial charge is 0.188 e. The van der Waals surface area contributed by atoms with Crippen molar-refractivity contribution in [3.8, 4) is 0 Å². The Bertz CT molecular complexity index is 355. The molecule has 0 bridgehead atoms. The first kappa shape index (κ1) is 11.9. The summed E-state index contributed by atoms with van der Waals surface area (Å²) in [4.78, 5) is 4.37. The summed E-state index contributed by atoms with van der Waals surface area (Å²) in [6.45, 7) is 4.86. The maximum absolute atomic E-state index is 7.38. The van der Waals surface area contributed by atoms with Crippen molar-refractivity contribution >= 4 is 5.96 Å². The van der Waals surface area contributed by atoms with E-state index in [-0.39, 0.29) is 5.96 Å². The van der Waals surface area contributed by atoms with Crippen LogP contribution in [0, 0.1) is 5.41 Å². The van der Waals surface area contributed by atoms with Crippen molar-refractivity contribution in [3.05, 3.63) is 35.9 Å². The second-order valence-electron chi connectivity index (χ2n) is 4.45. The fraction of sp³-hybridized carbons (Fsp3) is 0.462. The zero-order valence-corrected chi connectivity index (χ0v) is 10.1. The molecule has 4 nitrogen and oxygen atoms in total. The molecule has 1 fully saturated rings. The molecule has 1 heterocycles. The van der Waals surface area contributed by atoms with Crippen molar-refractivity contribution in [2.45, 2.75) is 6.42 Å². The number of hydrogen-bond acceptors (Lipinski definition) is 2. The molecule has 0 radical (unpaired) electrons. The molecule has 1 saturated heterocycles. The first-order valence-electron chi connectivity index (χ1n) is 6.11. The summed E-state index contributed by atoms with van der Waals surface area (Å²) in [6.07, 6.45) is 1.10. The molecule has 1 aromatic carbocycles. The van der Waals surface area contributed by atoms with Gasteiger partial charge in [-0.2, -0.15) is 0 Å². The molecule has 0 spiro atoms. The lowest BCUT2D eigenvalue weighted by Crippen LogP contribution is -2.51. The van der Waals surface area contributed by atoms with E-state index in [1.54, 1.807) is 0 Å². The predicted molar refractivity (Wildman–Crippen MR) is 70.1 cm³/mol. The van der Waals surface area contributed by atoms with Crippen molar-refractivity contribution in [3.63, 3.8) is 0 Å². The van der Waals surface area contributed by atoms with Gasteiger partial charge in [-0.15, -0.1) is 0 Å². The quantitative estimate of drug-likeness (QED) is 0.597. The summed E-state index contributed by atoms with van der Waals surface area (Å²) in [5, 5.41) is 7.38. The van der Waals surface area contributed by atoms with E-state index in [4.69, 9.17) is 11.1 Å². The van der Waals surface area contributed by atoms with Gasteiger partial charge in [-0.25, -0.2) is 0 Å². The molecule has 2 rings (SSSR count).